The van der Waals surface area contributed by atoms with Crippen molar-refractivity contribution in [2.45, 2.75) is 20.4 Å². The fraction of sp³-hybridized carbons (Fsp3) is 0.231. The summed E-state index contributed by atoms with van der Waals surface area (Å²) in [7, 11) is 0. The highest BCUT2D eigenvalue weighted by Crippen LogP contribution is 2.22. The lowest BCUT2D eigenvalue weighted by atomic mass is 10.2. The summed E-state index contributed by atoms with van der Waals surface area (Å²) in [6, 6.07) is 3.56. The Labute approximate surface area is 115 Å². The number of anilines is 2. The number of nitrogen functional groups attached to an aromatic ring is 1. The minimum absolute atomic E-state index is 0.0658. The highest BCUT2D eigenvalue weighted by molar-refractivity contribution is 7.12. The van der Waals surface area contributed by atoms with E-state index in [-0.39, 0.29) is 11.3 Å². The second-order valence-corrected chi connectivity index (χ2v) is 5.61. The van der Waals surface area contributed by atoms with Crippen LogP contribution in [-0.2, 0) is 6.54 Å². The smallest absolute Gasteiger partial charge is 0.337 e. The van der Waals surface area contributed by atoms with Gasteiger partial charge in [0.15, 0.2) is 0 Å². The van der Waals surface area contributed by atoms with E-state index >= 15 is 0 Å². The van der Waals surface area contributed by atoms with E-state index in [1.165, 1.54) is 27.6 Å². The molecule has 0 saturated heterocycles. The van der Waals surface area contributed by atoms with Crippen molar-refractivity contribution in [1.29, 1.82) is 0 Å². The predicted octanol–water partition coefficient (Wildman–Crippen LogP) is 2.65. The predicted molar refractivity (Wildman–Crippen MR) is 76.7 cm³/mol. The SMILES string of the molecule is Cc1cc(CNc2cc(C(=O)O)c(N)cn2)sc1C. The maximum Gasteiger partial charge on any atom is 0.337 e. The van der Waals surface area contributed by atoms with Crippen molar-refractivity contribution in [3.63, 3.8) is 0 Å². The number of nitrogens with zero attached hydrogens (tertiary/aromatic N) is 1. The molecule has 2 aromatic rings. The molecular weight excluding hydrogens is 262 g/mol. The third-order valence-electron chi connectivity index (χ3n) is 2.83. The average molecular weight is 277 g/mol. The quantitative estimate of drug-likeness (QED) is 0.799. The van der Waals surface area contributed by atoms with Crippen LogP contribution in [0.1, 0.15) is 25.7 Å². The van der Waals surface area contributed by atoms with Gasteiger partial charge < -0.3 is 16.2 Å². The van der Waals surface area contributed by atoms with Crippen LogP contribution in [0, 0.1) is 13.8 Å². The average Bonchev–Trinajstić information content (AvgIpc) is 2.67. The van der Waals surface area contributed by atoms with Crippen LogP contribution in [0.2, 0.25) is 0 Å². The van der Waals surface area contributed by atoms with Crippen LogP contribution in [0.25, 0.3) is 0 Å². The van der Waals surface area contributed by atoms with E-state index in [2.05, 4.69) is 30.2 Å². The summed E-state index contributed by atoms with van der Waals surface area (Å²) >= 11 is 1.72. The number of rotatable bonds is 4. The zero-order chi connectivity index (χ0) is 14.0. The Bertz CT molecular complexity index is 603. The number of aromatic nitrogens is 1. The molecule has 0 radical (unpaired) electrons. The molecule has 0 aromatic carbocycles. The number of aryl methyl sites for hydroxylation is 2. The van der Waals surface area contributed by atoms with Gasteiger partial charge in [0.2, 0.25) is 0 Å². The van der Waals surface area contributed by atoms with Gasteiger partial charge in [-0.05, 0) is 31.5 Å². The first kappa shape index (κ1) is 13.4. The van der Waals surface area contributed by atoms with Crippen molar-refractivity contribution in [2.75, 3.05) is 11.1 Å². The van der Waals surface area contributed by atoms with Gasteiger partial charge in [0.05, 0.1) is 24.0 Å². The molecule has 2 rings (SSSR count). The zero-order valence-corrected chi connectivity index (χ0v) is 11.5. The largest absolute Gasteiger partial charge is 0.478 e. The lowest BCUT2D eigenvalue weighted by molar-refractivity contribution is 0.0698. The second-order valence-electron chi connectivity index (χ2n) is 4.27. The number of aromatic carboxylic acids is 1. The molecule has 0 aliphatic rings. The number of hydrogen-bond donors (Lipinski definition) is 3. The maximum atomic E-state index is 11.0. The van der Waals surface area contributed by atoms with Gasteiger partial charge in [-0.25, -0.2) is 9.78 Å². The van der Waals surface area contributed by atoms with Gasteiger partial charge in [-0.2, -0.15) is 0 Å². The van der Waals surface area contributed by atoms with Crippen LogP contribution in [0.3, 0.4) is 0 Å². The van der Waals surface area contributed by atoms with Crippen molar-refractivity contribution in [1.82, 2.24) is 4.98 Å². The summed E-state index contributed by atoms with van der Waals surface area (Å²) in [4.78, 5) is 17.5. The van der Waals surface area contributed by atoms with Crippen molar-refractivity contribution >= 4 is 28.8 Å². The third-order valence-corrected chi connectivity index (χ3v) is 3.98. The van der Waals surface area contributed by atoms with Crippen molar-refractivity contribution in [3.8, 4) is 0 Å². The number of hydrogen-bond acceptors (Lipinski definition) is 5. The van der Waals surface area contributed by atoms with E-state index < -0.39 is 5.97 Å². The van der Waals surface area contributed by atoms with Gasteiger partial charge in [-0.3, -0.25) is 0 Å². The molecule has 0 amide bonds. The van der Waals surface area contributed by atoms with E-state index in [9.17, 15) is 4.79 Å². The van der Waals surface area contributed by atoms with Gasteiger partial charge in [0, 0.05) is 9.75 Å². The van der Waals surface area contributed by atoms with Gasteiger partial charge in [-0.15, -0.1) is 11.3 Å². The number of thiophene rings is 1. The molecular formula is C13H15N3O2S. The van der Waals surface area contributed by atoms with Gasteiger partial charge in [0.25, 0.3) is 0 Å². The highest BCUT2D eigenvalue weighted by atomic mass is 32.1. The summed E-state index contributed by atoms with van der Waals surface area (Å²) < 4.78 is 0. The molecule has 2 aromatic heterocycles. The Morgan fingerprint density at radius 3 is 2.79 bits per heavy atom. The third kappa shape index (κ3) is 3.03. The molecule has 0 fully saturated rings. The Morgan fingerprint density at radius 2 is 2.21 bits per heavy atom. The topological polar surface area (TPSA) is 88.2 Å². The maximum absolute atomic E-state index is 11.0. The lowest BCUT2D eigenvalue weighted by Gasteiger charge is -2.06. The van der Waals surface area contributed by atoms with E-state index in [0.29, 0.717) is 12.4 Å². The first-order valence-corrected chi connectivity index (χ1v) is 6.57. The number of carboxylic acid groups (broad SMARTS) is 1. The molecule has 0 aliphatic carbocycles. The fourth-order valence-corrected chi connectivity index (χ4v) is 2.66. The van der Waals surface area contributed by atoms with Crippen molar-refractivity contribution in [2.24, 2.45) is 0 Å². The van der Waals surface area contributed by atoms with E-state index in [1.54, 1.807) is 11.3 Å². The Balaban J connectivity index is 2.11. The summed E-state index contributed by atoms with van der Waals surface area (Å²) in [5, 5.41) is 12.1. The van der Waals surface area contributed by atoms with Crippen LogP contribution >= 0.6 is 11.3 Å². The minimum Gasteiger partial charge on any atom is -0.478 e. The molecule has 2 heterocycles. The van der Waals surface area contributed by atoms with Gasteiger partial charge in [0.1, 0.15) is 5.82 Å². The minimum atomic E-state index is -1.05. The Hall–Kier alpha value is -2.08. The zero-order valence-electron chi connectivity index (χ0n) is 10.7. The summed E-state index contributed by atoms with van der Waals surface area (Å²) in [6.45, 7) is 4.77. The number of pyridine rings is 1. The molecule has 5 nitrogen and oxygen atoms in total. The van der Waals surface area contributed by atoms with E-state index in [1.807, 2.05) is 0 Å². The number of carbonyl (C=O) groups is 1. The Kier molecular flexibility index (Phi) is 3.71. The fourth-order valence-electron chi connectivity index (χ4n) is 1.66. The number of carboxylic acids is 1. The monoisotopic (exact) mass is 277 g/mol. The van der Waals surface area contributed by atoms with E-state index in [4.69, 9.17) is 10.8 Å². The van der Waals surface area contributed by atoms with Crippen molar-refractivity contribution < 1.29 is 9.90 Å². The molecule has 19 heavy (non-hydrogen) atoms. The summed E-state index contributed by atoms with van der Waals surface area (Å²) in [5.41, 5.74) is 7.05. The summed E-state index contributed by atoms with van der Waals surface area (Å²) in [5.74, 6) is -0.541. The lowest BCUT2D eigenvalue weighted by Crippen LogP contribution is -2.06. The number of nitrogens with one attached hydrogen (secondary N) is 1. The highest BCUT2D eigenvalue weighted by Gasteiger charge is 2.09. The van der Waals surface area contributed by atoms with Gasteiger partial charge >= 0.3 is 5.97 Å². The molecule has 0 atom stereocenters. The van der Waals surface area contributed by atoms with Gasteiger partial charge in [-0.1, -0.05) is 0 Å². The van der Waals surface area contributed by atoms with Crippen LogP contribution in [0.5, 0.6) is 0 Å². The molecule has 0 bridgehead atoms. The Morgan fingerprint density at radius 1 is 1.47 bits per heavy atom. The molecule has 0 unspecified atom stereocenters. The van der Waals surface area contributed by atoms with Crippen LogP contribution in [0.15, 0.2) is 18.3 Å². The normalized spacial score (nSPS) is 10.4. The molecule has 100 valence electrons. The molecule has 0 saturated carbocycles. The van der Waals surface area contributed by atoms with Crippen LogP contribution in [-0.4, -0.2) is 16.1 Å². The molecule has 0 spiro atoms. The molecule has 4 N–H and O–H groups in total. The standard InChI is InChI=1S/C13H15N3O2S/c1-7-3-9(19-8(7)2)5-15-12-4-10(13(17)18)11(14)6-16-12/h3-4,6H,5,14H2,1-2H3,(H,15,16)(H,17,18). The number of nitrogens with two attached hydrogens (primary N) is 1. The molecule has 6 heteroatoms. The van der Waals surface area contributed by atoms with Crippen LogP contribution < -0.4 is 11.1 Å². The van der Waals surface area contributed by atoms with Crippen LogP contribution in [0.4, 0.5) is 11.5 Å². The first-order valence-electron chi connectivity index (χ1n) is 5.76. The van der Waals surface area contributed by atoms with Crippen molar-refractivity contribution in [3.05, 3.63) is 39.2 Å². The first-order chi connectivity index (χ1) is 8.97. The summed E-state index contributed by atoms with van der Waals surface area (Å²) in [6.07, 6.45) is 1.36. The molecule has 0 aliphatic heterocycles. The second kappa shape index (κ2) is 5.27. The van der Waals surface area contributed by atoms with E-state index in [0.717, 1.165) is 0 Å².